The Morgan fingerprint density at radius 1 is 1.58 bits per heavy atom. The maximum Gasteiger partial charge on any atom is 0.269 e. The molecule has 1 aliphatic rings. The van der Waals surface area contributed by atoms with Crippen molar-refractivity contribution < 1.29 is 9.53 Å². The second kappa shape index (κ2) is 4.79. The van der Waals surface area contributed by atoms with Crippen LogP contribution in [0.25, 0.3) is 10.1 Å². The van der Waals surface area contributed by atoms with Crippen molar-refractivity contribution in [3.05, 3.63) is 23.9 Å². The molecular formula is C13H15N3O2S. The molecule has 2 N–H and O–H groups in total. The SMILES string of the molecule is COC1CCN(c2ccc3snc(C(N)=O)c3c2)C1. The number of hydrogen-bond donors (Lipinski definition) is 1. The fourth-order valence-corrected chi connectivity index (χ4v) is 3.22. The fraction of sp³-hybridized carbons (Fsp3) is 0.385. The first-order valence-corrected chi connectivity index (χ1v) is 6.93. The highest BCUT2D eigenvalue weighted by atomic mass is 32.1. The lowest BCUT2D eigenvalue weighted by atomic mass is 10.2. The lowest BCUT2D eigenvalue weighted by Gasteiger charge is -2.18. The molecule has 1 fully saturated rings. The first-order valence-electron chi connectivity index (χ1n) is 6.16. The highest BCUT2D eigenvalue weighted by Gasteiger charge is 2.23. The zero-order valence-corrected chi connectivity index (χ0v) is 11.4. The van der Waals surface area contributed by atoms with Gasteiger partial charge in [0.1, 0.15) is 5.69 Å². The second-order valence-electron chi connectivity index (χ2n) is 4.67. The summed E-state index contributed by atoms with van der Waals surface area (Å²) in [5.41, 5.74) is 6.80. The van der Waals surface area contributed by atoms with E-state index in [1.165, 1.54) is 11.5 Å². The van der Waals surface area contributed by atoms with Gasteiger partial charge in [-0.1, -0.05) is 0 Å². The maximum absolute atomic E-state index is 11.3. The average molecular weight is 277 g/mol. The molecule has 1 amide bonds. The van der Waals surface area contributed by atoms with E-state index in [4.69, 9.17) is 10.5 Å². The Labute approximate surface area is 115 Å². The minimum Gasteiger partial charge on any atom is -0.380 e. The Morgan fingerprint density at radius 2 is 2.42 bits per heavy atom. The van der Waals surface area contributed by atoms with Gasteiger partial charge in [0, 0.05) is 31.3 Å². The number of fused-ring (bicyclic) bond motifs is 1. The number of rotatable bonds is 3. The number of carbonyl (C=O) groups excluding carboxylic acids is 1. The highest BCUT2D eigenvalue weighted by molar-refractivity contribution is 7.13. The molecule has 0 radical (unpaired) electrons. The Hall–Kier alpha value is -1.66. The van der Waals surface area contributed by atoms with Gasteiger partial charge in [-0.3, -0.25) is 4.79 Å². The number of carbonyl (C=O) groups is 1. The van der Waals surface area contributed by atoms with E-state index in [0.717, 1.165) is 35.3 Å². The molecule has 2 heterocycles. The molecule has 1 atom stereocenters. The molecular weight excluding hydrogens is 262 g/mol. The van der Waals surface area contributed by atoms with Crippen molar-refractivity contribution in [2.75, 3.05) is 25.1 Å². The van der Waals surface area contributed by atoms with Crippen molar-refractivity contribution >= 4 is 33.2 Å². The molecule has 1 aromatic heterocycles. The van der Waals surface area contributed by atoms with Crippen LogP contribution >= 0.6 is 11.5 Å². The van der Waals surface area contributed by atoms with Gasteiger partial charge in [-0.05, 0) is 36.2 Å². The predicted molar refractivity (Wildman–Crippen MR) is 75.8 cm³/mol. The van der Waals surface area contributed by atoms with E-state index in [9.17, 15) is 4.79 Å². The number of ether oxygens (including phenoxy) is 1. The summed E-state index contributed by atoms with van der Waals surface area (Å²) in [6, 6.07) is 6.05. The molecule has 3 rings (SSSR count). The van der Waals surface area contributed by atoms with Crippen molar-refractivity contribution in [2.45, 2.75) is 12.5 Å². The van der Waals surface area contributed by atoms with E-state index in [1.54, 1.807) is 7.11 Å². The molecule has 0 aliphatic carbocycles. The Kier molecular flexibility index (Phi) is 3.12. The third-order valence-corrected chi connectivity index (χ3v) is 4.36. The van der Waals surface area contributed by atoms with Crippen molar-refractivity contribution in [1.82, 2.24) is 4.37 Å². The molecule has 2 aromatic rings. The molecule has 1 unspecified atom stereocenters. The number of nitrogens with zero attached hydrogens (tertiary/aromatic N) is 2. The van der Waals surface area contributed by atoms with E-state index in [-0.39, 0.29) is 6.10 Å². The second-order valence-corrected chi connectivity index (χ2v) is 5.47. The Morgan fingerprint density at radius 3 is 3.11 bits per heavy atom. The number of aromatic nitrogens is 1. The number of primary amides is 1. The zero-order chi connectivity index (χ0) is 13.4. The van der Waals surface area contributed by atoms with E-state index >= 15 is 0 Å². The van der Waals surface area contributed by atoms with E-state index in [2.05, 4.69) is 15.3 Å². The first-order chi connectivity index (χ1) is 9.19. The van der Waals surface area contributed by atoms with Crippen LogP contribution in [0.1, 0.15) is 16.9 Å². The van der Waals surface area contributed by atoms with Crippen LogP contribution in [-0.4, -0.2) is 36.6 Å². The largest absolute Gasteiger partial charge is 0.380 e. The molecule has 6 heteroatoms. The van der Waals surface area contributed by atoms with Crippen LogP contribution in [-0.2, 0) is 4.74 Å². The quantitative estimate of drug-likeness (QED) is 0.925. The number of benzene rings is 1. The van der Waals surface area contributed by atoms with Crippen molar-refractivity contribution in [2.24, 2.45) is 5.73 Å². The first kappa shape index (κ1) is 12.4. The Bertz CT molecular complexity index is 625. The topological polar surface area (TPSA) is 68.4 Å². The van der Waals surface area contributed by atoms with E-state index in [0.29, 0.717) is 5.69 Å². The van der Waals surface area contributed by atoms with Crippen LogP contribution < -0.4 is 10.6 Å². The standard InChI is InChI=1S/C13H15N3O2S/c1-18-9-4-5-16(7-9)8-2-3-11-10(6-8)12(13(14)17)15-19-11/h2-3,6,9H,4-5,7H2,1H3,(H2,14,17). The molecule has 5 nitrogen and oxygen atoms in total. The maximum atomic E-state index is 11.3. The predicted octanol–water partition coefficient (Wildman–Crippen LogP) is 1.62. The van der Waals surface area contributed by atoms with Crippen molar-refractivity contribution in [3.8, 4) is 0 Å². The summed E-state index contributed by atoms with van der Waals surface area (Å²) in [5, 5.41) is 0.843. The van der Waals surface area contributed by atoms with Gasteiger partial charge in [0.05, 0.1) is 10.8 Å². The monoisotopic (exact) mass is 277 g/mol. The third-order valence-electron chi connectivity index (χ3n) is 3.53. The summed E-state index contributed by atoms with van der Waals surface area (Å²) < 4.78 is 10.5. The van der Waals surface area contributed by atoms with E-state index in [1.807, 2.05) is 12.1 Å². The van der Waals surface area contributed by atoms with Gasteiger partial charge < -0.3 is 15.4 Å². The minimum absolute atomic E-state index is 0.284. The molecule has 0 spiro atoms. The average Bonchev–Trinajstić information content (AvgIpc) is 3.04. The van der Waals surface area contributed by atoms with Crippen LogP contribution in [0.4, 0.5) is 5.69 Å². The van der Waals surface area contributed by atoms with Gasteiger partial charge >= 0.3 is 0 Å². The fourth-order valence-electron chi connectivity index (χ4n) is 2.46. The molecule has 19 heavy (non-hydrogen) atoms. The van der Waals surface area contributed by atoms with E-state index < -0.39 is 5.91 Å². The number of anilines is 1. The van der Waals surface area contributed by atoms with Crippen LogP contribution in [0.5, 0.6) is 0 Å². The summed E-state index contributed by atoms with van der Waals surface area (Å²) in [6.07, 6.45) is 1.31. The normalized spacial score (nSPS) is 19.2. The van der Waals surface area contributed by atoms with Gasteiger partial charge in [-0.25, -0.2) is 0 Å². The summed E-state index contributed by atoms with van der Waals surface area (Å²) in [7, 11) is 1.74. The number of nitrogens with two attached hydrogens (primary N) is 1. The summed E-state index contributed by atoms with van der Waals surface area (Å²) in [5.74, 6) is -0.473. The zero-order valence-electron chi connectivity index (χ0n) is 10.6. The summed E-state index contributed by atoms with van der Waals surface area (Å²) >= 11 is 1.30. The Balaban J connectivity index is 1.97. The van der Waals surface area contributed by atoms with Crippen molar-refractivity contribution in [3.63, 3.8) is 0 Å². The highest BCUT2D eigenvalue weighted by Crippen LogP contribution is 2.29. The van der Waals surface area contributed by atoms with Gasteiger partial charge in [0.15, 0.2) is 0 Å². The number of methoxy groups -OCH3 is 1. The van der Waals surface area contributed by atoms with Gasteiger partial charge in [-0.2, -0.15) is 4.37 Å². The molecule has 100 valence electrons. The molecule has 1 saturated heterocycles. The lowest BCUT2D eigenvalue weighted by molar-refractivity contribution is 0.0998. The van der Waals surface area contributed by atoms with Crippen LogP contribution in [0.15, 0.2) is 18.2 Å². The molecule has 1 aromatic carbocycles. The van der Waals surface area contributed by atoms with Crippen LogP contribution in [0.2, 0.25) is 0 Å². The lowest BCUT2D eigenvalue weighted by Crippen LogP contribution is -2.22. The van der Waals surface area contributed by atoms with Gasteiger partial charge in [-0.15, -0.1) is 0 Å². The number of hydrogen-bond acceptors (Lipinski definition) is 5. The molecule has 1 aliphatic heterocycles. The van der Waals surface area contributed by atoms with Crippen LogP contribution in [0, 0.1) is 0 Å². The van der Waals surface area contributed by atoms with Crippen LogP contribution in [0.3, 0.4) is 0 Å². The minimum atomic E-state index is -0.473. The number of amides is 1. The third kappa shape index (κ3) is 2.17. The molecule has 0 bridgehead atoms. The van der Waals surface area contributed by atoms with Crippen molar-refractivity contribution in [1.29, 1.82) is 0 Å². The van der Waals surface area contributed by atoms with Gasteiger partial charge in [0.2, 0.25) is 0 Å². The summed E-state index contributed by atoms with van der Waals surface area (Å²) in [6.45, 7) is 1.85. The molecule has 0 saturated carbocycles. The summed E-state index contributed by atoms with van der Waals surface area (Å²) in [4.78, 5) is 13.6. The van der Waals surface area contributed by atoms with Gasteiger partial charge in [0.25, 0.3) is 5.91 Å². The smallest absolute Gasteiger partial charge is 0.269 e.